The molecule has 20 heavy (non-hydrogen) atoms. The van der Waals surface area contributed by atoms with E-state index < -0.39 is 11.8 Å². The smallest absolute Gasteiger partial charge is 0.313 e. The molecule has 1 aliphatic rings. The van der Waals surface area contributed by atoms with Crippen molar-refractivity contribution >= 4 is 17.5 Å². The lowest BCUT2D eigenvalue weighted by molar-refractivity contribution is -0.136. The van der Waals surface area contributed by atoms with Crippen molar-refractivity contribution in [3.05, 3.63) is 30.3 Å². The summed E-state index contributed by atoms with van der Waals surface area (Å²) in [5.41, 5.74) is 0.627. The maximum absolute atomic E-state index is 11.8. The van der Waals surface area contributed by atoms with Gasteiger partial charge in [-0.05, 0) is 38.6 Å². The molecule has 1 aliphatic heterocycles. The first kappa shape index (κ1) is 14.5. The Balaban J connectivity index is 1.78. The van der Waals surface area contributed by atoms with Gasteiger partial charge in [0.2, 0.25) is 0 Å². The Morgan fingerprint density at radius 1 is 1.20 bits per heavy atom. The predicted octanol–water partition coefficient (Wildman–Crippen LogP) is 1.23. The highest BCUT2D eigenvalue weighted by molar-refractivity contribution is 6.39. The second-order valence-electron chi connectivity index (χ2n) is 5.16. The van der Waals surface area contributed by atoms with Crippen LogP contribution in [0.1, 0.15) is 19.3 Å². The molecule has 0 aliphatic carbocycles. The molecule has 2 rings (SSSR count). The fraction of sp³-hybridized carbons (Fsp3) is 0.467. The van der Waals surface area contributed by atoms with Crippen LogP contribution in [0, 0.1) is 0 Å². The summed E-state index contributed by atoms with van der Waals surface area (Å²) in [6.45, 7) is 1.58. The molecule has 1 heterocycles. The maximum atomic E-state index is 11.8. The van der Waals surface area contributed by atoms with E-state index in [9.17, 15) is 9.59 Å². The first-order chi connectivity index (χ1) is 9.66. The van der Waals surface area contributed by atoms with Gasteiger partial charge in [0.15, 0.2) is 0 Å². The summed E-state index contributed by atoms with van der Waals surface area (Å²) in [5, 5.41) is 5.29. The van der Waals surface area contributed by atoms with Crippen LogP contribution in [-0.4, -0.2) is 42.9 Å². The van der Waals surface area contributed by atoms with Crippen LogP contribution in [0.25, 0.3) is 0 Å². The molecule has 0 bridgehead atoms. The van der Waals surface area contributed by atoms with Crippen molar-refractivity contribution < 1.29 is 9.59 Å². The topological polar surface area (TPSA) is 61.4 Å². The van der Waals surface area contributed by atoms with E-state index in [4.69, 9.17) is 0 Å². The highest BCUT2D eigenvalue weighted by Gasteiger charge is 2.21. The number of carbonyl (C=O) groups is 2. The number of likely N-dealkylation sites (N-methyl/N-ethyl adjacent to an activating group) is 1. The van der Waals surface area contributed by atoms with Crippen LogP contribution >= 0.6 is 0 Å². The van der Waals surface area contributed by atoms with Gasteiger partial charge in [-0.15, -0.1) is 0 Å². The molecule has 1 aromatic rings. The molecule has 5 heteroatoms. The molecule has 1 fully saturated rings. The Morgan fingerprint density at radius 3 is 2.65 bits per heavy atom. The number of para-hydroxylation sites is 1. The fourth-order valence-electron chi connectivity index (χ4n) is 2.40. The zero-order valence-corrected chi connectivity index (χ0v) is 11.8. The number of hydrogen-bond acceptors (Lipinski definition) is 3. The Labute approximate surface area is 119 Å². The third-order valence-corrected chi connectivity index (χ3v) is 3.66. The predicted molar refractivity (Wildman–Crippen MR) is 78.4 cm³/mol. The number of nitrogens with one attached hydrogen (secondary N) is 2. The summed E-state index contributed by atoms with van der Waals surface area (Å²) >= 11 is 0. The van der Waals surface area contributed by atoms with Crippen LogP contribution in [0.15, 0.2) is 30.3 Å². The van der Waals surface area contributed by atoms with Gasteiger partial charge in [0.05, 0.1) is 0 Å². The van der Waals surface area contributed by atoms with Crippen LogP contribution in [0.5, 0.6) is 0 Å². The van der Waals surface area contributed by atoms with Gasteiger partial charge in [-0.3, -0.25) is 9.59 Å². The standard InChI is InChI=1S/C15H21N3O2/c1-18-10-6-5-9-13(18)11-16-14(19)15(20)17-12-7-3-2-4-8-12/h2-4,7-8,13H,5-6,9-11H2,1H3,(H,16,19)(H,17,20). The van der Waals surface area contributed by atoms with Gasteiger partial charge in [0, 0.05) is 18.3 Å². The minimum Gasteiger partial charge on any atom is -0.346 e. The molecule has 1 saturated heterocycles. The monoisotopic (exact) mass is 275 g/mol. The average molecular weight is 275 g/mol. The Kier molecular flexibility index (Phi) is 5.12. The van der Waals surface area contributed by atoms with Crippen LogP contribution in [-0.2, 0) is 9.59 Å². The number of piperidine rings is 1. The van der Waals surface area contributed by atoms with Crippen LogP contribution in [0.2, 0.25) is 0 Å². The third kappa shape index (κ3) is 4.06. The van der Waals surface area contributed by atoms with Crippen molar-refractivity contribution in [1.29, 1.82) is 0 Å². The Hall–Kier alpha value is -1.88. The summed E-state index contributed by atoms with van der Waals surface area (Å²) in [5.74, 6) is -1.19. The van der Waals surface area contributed by atoms with E-state index in [-0.39, 0.29) is 0 Å². The summed E-state index contributed by atoms with van der Waals surface area (Å²) in [7, 11) is 2.06. The molecule has 2 N–H and O–H groups in total. The average Bonchev–Trinajstić information content (AvgIpc) is 2.47. The number of hydrogen-bond donors (Lipinski definition) is 2. The van der Waals surface area contributed by atoms with E-state index in [2.05, 4.69) is 22.6 Å². The zero-order chi connectivity index (χ0) is 14.4. The first-order valence-corrected chi connectivity index (χ1v) is 7.01. The van der Waals surface area contributed by atoms with Crippen molar-refractivity contribution in [2.75, 3.05) is 25.5 Å². The van der Waals surface area contributed by atoms with Gasteiger partial charge in [-0.1, -0.05) is 24.6 Å². The number of benzene rings is 1. The quantitative estimate of drug-likeness (QED) is 0.816. The lowest BCUT2D eigenvalue weighted by atomic mass is 10.0. The number of carbonyl (C=O) groups excluding carboxylic acids is 2. The summed E-state index contributed by atoms with van der Waals surface area (Å²) in [6.07, 6.45) is 3.45. The molecule has 0 spiro atoms. The SMILES string of the molecule is CN1CCCCC1CNC(=O)C(=O)Nc1ccccc1. The number of rotatable bonds is 3. The van der Waals surface area contributed by atoms with Gasteiger partial charge in [-0.25, -0.2) is 0 Å². The molecule has 0 radical (unpaired) electrons. The van der Waals surface area contributed by atoms with Crippen molar-refractivity contribution in [2.45, 2.75) is 25.3 Å². The second-order valence-corrected chi connectivity index (χ2v) is 5.16. The molecule has 0 saturated carbocycles. The number of likely N-dealkylation sites (tertiary alicyclic amines) is 1. The van der Waals surface area contributed by atoms with E-state index >= 15 is 0 Å². The van der Waals surface area contributed by atoms with E-state index in [0.717, 1.165) is 13.0 Å². The lowest BCUT2D eigenvalue weighted by Crippen LogP contribution is -2.46. The second kappa shape index (κ2) is 7.05. The van der Waals surface area contributed by atoms with Crippen molar-refractivity contribution in [2.24, 2.45) is 0 Å². The number of anilines is 1. The molecular weight excluding hydrogens is 254 g/mol. The van der Waals surface area contributed by atoms with Crippen LogP contribution in [0.4, 0.5) is 5.69 Å². The molecule has 1 atom stereocenters. The molecule has 2 amide bonds. The molecule has 0 aromatic heterocycles. The molecule has 108 valence electrons. The third-order valence-electron chi connectivity index (χ3n) is 3.66. The molecule has 1 unspecified atom stereocenters. The van der Waals surface area contributed by atoms with E-state index in [0.29, 0.717) is 18.3 Å². The Morgan fingerprint density at radius 2 is 1.95 bits per heavy atom. The number of nitrogens with zero attached hydrogens (tertiary/aromatic N) is 1. The summed E-state index contributed by atoms with van der Waals surface area (Å²) < 4.78 is 0. The van der Waals surface area contributed by atoms with Gasteiger partial charge in [-0.2, -0.15) is 0 Å². The summed E-state index contributed by atoms with van der Waals surface area (Å²) in [6, 6.07) is 9.31. The van der Waals surface area contributed by atoms with Gasteiger partial charge >= 0.3 is 11.8 Å². The van der Waals surface area contributed by atoms with Gasteiger partial charge in [0.25, 0.3) is 0 Å². The number of amides is 2. The largest absolute Gasteiger partial charge is 0.346 e. The van der Waals surface area contributed by atoms with Gasteiger partial charge < -0.3 is 15.5 Å². The van der Waals surface area contributed by atoms with Crippen LogP contribution < -0.4 is 10.6 Å². The lowest BCUT2D eigenvalue weighted by Gasteiger charge is -2.32. The normalized spacial score (nSPS) is 19.4. The molecule has 5 nitrogen and oxygen atoms in total. The zero-order valence-electron chi connectivity index (χ0n) is 11.8. The van der Waals surface area contributed by atoms with E-state index in [1.54, 1.807) is 12.1 Å². The minimum absolute atomic E-state index is 0.331. The summed E-state index contributed by atoms with van der Waals surface area (Å²) in [4.78, 5) is 25.7. The highest BCUT2D eigenvalue weighted by atomic mass is 16.2. The van der Waals surface area contributed by atoms with Gasteiger partial charge in [0.1, 0.15) is 0 Å². The van der Waals surface area contributed by atoms with Crippen molar-refractivity contribution in [3.63, 3.8) is 0 Å². The minimum atomic E-state index is -0.616. The van der Waals surface area contributed by atoms with E-state index in [1.165, 1.54) is 12.8 Å². The van der Waals surface area contributed by atoms with E-state index in [1.807, 2.05) is 18.2 Å². The molecular formula is C15H21N3O2. The molecule has 1 aromatic carbocycles. The van der Waals surface area contributed by atoms with Crippen molar-refractivity contribution in [1.82, 2.24) is 10.2 Å². The van der Waals surface area contributed by atoms with Crippen molar-refractivity contribution in [3.8, 4) is 0 Å². The fourth-order valence-corrected chi connectivity index (χ4v) is 2.40. The first-order valence-electron chi connectivity index (χ1n) is 7.01. The highest BCUT2D eigenvalue weighted by Crippen LogP contribution is 2.13. The van der Waals surface area contributed by atoms with Crippen LogP contribution in [0.3, 0.4) is 0 Å². The Bertz CT molecular complexity index is 461. The maximum Gasteiger partial charge on any atom is 0.313 e.